The highest BCUT2D eigenvalue weighted by molar-refractivity contribution is 8.15. The summed E-state index contributed by atoms with van der Waals surface area (Å²) in [5.74, 6) is -0.0562. The molecule has 1 aliphatic heterocycles. The molecule has 4 nitrogen and oxygen atoms in total. The van der Waals surface area contributed by atoms with Gasteiger partial charge in [-0.3, -0.25) is 4.79 Å². The summed E-state index contributed by atoms with van der Waals surface area (Å²) in [5, 5.41) is 6.55. The van der Waals surface area contributed by atoms with Crippen LogP contribution in [0.3, 0.4) is 0 Å². The first kappa shape index (κ1) is 12.8. The van der Waals surface area contributed by atoms with Crippen LogP contribution in [0.5, 0.6) is 0 Å². The number of carbonyl (C=O) groups excluding carboxylic acids is 1. The van der Waals surface area contributed by atoms with Crippen molar-refractivity contribution in [3.8, 4) is 0 Å². The zero-order valence-electron chi connectivity index (χ0n) is 10.4. The molecule has 0 spiro atoms. The third-order valence-corrected chi connectivity index (χ3v) is 3.94. The van der Waals surface area contributed by atoms with E-state index in [2.05, 4.69) is 10.1 Å². The van der Waals surface area contributed by atoms with Crippen LogP contribution in [0, 0.1) is 0 Å². The molecule has 0 N–H and O–H groups in total. The van der Waals surface area contributed by atoms with E-state index in [1.807, 2.05) is 37.3 Å². The third kappa shape index (κ3) is 2.98. The van der Waals surface area contributed by atoms with E-state index in [-0.39, 0.29) is 11.2 Å². The molecule has 1 heterocycles. The van der Waals surface area contributed by atoms with Crippen molar-refractivity contribution in [1.82, 2.24) is 5.01 Å². The maximum Gasteiger partial charge on any atom is 0.261 e. The lowest BCUT2D eigenvalue weighted by molar-refractivity contribution is -0.117. The third-order valence-electron chi connectivity index (χ3n) is 2.56. The quantitative estimate of drug-likeness (QED) is 0.620. The summed E-state index contributed by atoms with van der Waals surface area (Å²) in [5.41, 5.74) is 1.02. The predicted octanol–water partition coefficient (Wildman–Crippen LogP) is 2.36. The Kier molecular flexibility index (Phi) is 4.15. The van der Waals surface area contributed by atoms with Crippen molar-refractivity contribution in [3.63, 3.8) is 0 Å². The summed E-state index contributed by atoms with van der Waals surface area (Å²) in [6, 6.07) is 9.82. The predicted molar refractivity (Wildman–Crippen MR) is 75.9 cm³/mol. The Morgan fingerprint density at radius 2 is 2.17 bits per heavy atom. The first-order valence-electron chi connectivity index (χ1n) is 5.82. The number of hydrazone groups is 1. The molecule has 5 heteroatoms. The van der Waals surface area contributed by atoms with Crippen LogP contribution >= 0.6 is 11.8 Å². The monoisotopic (exact) mass is 261 g/mol. The van der Waals surface area contributed by atoms with Crippen LogP contribution in [0.2, 0.25) is 0 Å². The maximum absolute atomic E-state index is 11.5. The molecule has 0 aromatic heterocycles. The Balaban J connectivity index is 2.01. The molecule has 0 bridgehead atoms. The van der Waals surface area contributed by atoms with Crippen molar-refractivity contribution in [2.24, 2.45) is 10.1 Å². The number of hydrogen-bond acceptors (Lipinski definition) is 4. The van der Waals surface area contributed by atoms with Crippen LogP contribution in [0.1, 0.15) is 18.9 Å². The maximum atomic E-state index is 11.5. The van der Waals surface area contributed by atoms with E-state index in [1.165, 1.54) is 11.8 Å². The molecule has 1 aliphatic rings. The fourth-order valence-electron chi connectivity index (χ4n) is 1.52. The lowest BCUT2D eigenvalue weighted by Crippen LogP contribution is -2.17. The summed E-state index contributed by atoms with van der Waals surface area (Å²) >= 11 is 1.47. The van der Waals surface area contributed by atoms with Gasteiger partial charge in [-0.25, -0.2) is 5.01 Å². The molecule has 2 rings (SSSR count). The molecule has 0 aliphatic carbocycles. The Morgan fingerprint density at radius 3 is 2.78 bits per heavy atom. The number of aliphatic imine (C=N–C) groups is 1. The highest BCUT2D eigenvalue weighted by Gasteiger charge is 2.28. The Bertz CT molecular complexity index is 484. The van der Waals surface area contributed by atoms with Crippen molar-refractivity contribution >= 4 is 29.1 Å². The first-order chi connectivity index (χ1) is 8.70. The minimum absolute atomic E-state index is 0.0469. The van der Waals surface area contributed by atoms with Crippen molar-refractivity contribution < 1.29 is 4.79 Å². The fraction of sp³-hybridized carbons (Fsp3) is 0.308. The zero-order valence-corrected chi connectivity index (χ0v) is 11.2. The van der Waals surface area contributed by atoms with E-state index in [1.54, 1.807) is 18.3 Å². The Labute approximate surface area is 111 Å². The molecule has 1 amide bonds. The molecular formula is C13H15N3OS. The van der Waals surface area contributed by atoms with Gasteiger partial charge in [-0.15, -0.1) is 0 Å². The van der Waals surface area contributed by atoms with E-state index >= 15 is 0 Å². The normalized spacial score (nSPS) is 19.3. The minimum Gasteiger partial charge on any atom is -0.271 e. The van der Waals surface area contributed by atoms with Crippen LogP contribution in [-0.4, -0.2) is 34.6 Å². The average Bonchev–Trinajstić information content (AvgIpc) is 2.78. The van der Waals surface area contributed by atoms with Gasteiger partial charge < -0.3 is 0 Å². The molecule has 1 aromatic rings. The molecular weight excluding hydrogens is 246 g/mol. The van der Waals surface area contributed by atoms with Gasteiger partial charge in [0.2, 0.25) is 0 Å². The van der Waals surface area contributed by atoms with Crippen LogP contribution in [0.4, 0.5) is 0 Å². The second-order valence-corrected chi connectivity index (χ2v) is 5.10. The van der Waals surface area contributed by atoms with Crippen molar-refractivity contribution in [2.75, 3.05) is 7.05 Å². The molecule has 18 heavy (non-hydrogen) atoms. The van der Waals surface area contributed by atoms with Gasteiger partial charge >= 0.3 is 0 Å². The summed E-state index contributed by atoms with van der Waals surface area (Å²) in [4.78, 5) is 15.5. The van der Waals surface area contributed by atoms with Gasteiger partial charge in [0.05, 0.1) is 11.5 Å². The number of rotatable bonds is 3. The van der Waals surface area contributed by atoms with Crippen LogP contribution in [0.15, 0.2) is 40.4 Å². The largest absolute Gasteiger partial charge is 0.271 e. The average molecular weight is 261 g/mol. The van der Waals surface area contributed by atoms with Gasteiger partial charge in [-0.2, -0.15) is 10.1 Å². The Morgan fingerprint density at radius 1 is 1.44 bits per heavy atom. The number of carbonyl (C=O) groups is 1. The van der Waals surface area contributed by atoms with Crippen molar-refractivity contribution in [2.45, 2.75) is 18.6 Å². The second kappa shape index (κ2) is 5.82. The van der Waals surface area contributed by atoms with Crippen LogP contribution in [-0.2, 0) is 4.79 Å². The van der Waals surface area contributed by atoms with E-state index in [0.29, 0.717) is 5.17 Å². The highest BCUT2D eigenvalue weighted by Crippen LogP contribution is 2.26. The molecule has 1 aromatic carbocycles. The SMILES string of the molecule is CCC1SC(N(C)/N=C/c2ccccc2)=NC1=O. The summed E-state index contributed by atoms with van der Waals surface area (Å²) in [6.07, 6.45) is 2.56. The highest BCUT2D eigenvalue weighted by atomic mass is 32.2. The zero-order chi connectivity index (χ0) is 13.0. The molecule has 0 saturated heterocycles. The summed E-state index contributed by atoms with van der Waals surface area (Å²) in [7, 11) is 1.80. The number of nitrogens with zero attached hydrogens (tertiary/aromatic N) is 3. The lowest BCUT2D eigenvalue weighted by Gasteiger charge is -2.11. The molecule has 0 saturated carbocycles. The number of thioether (sulfide) groups is 1. The fourth-order valence-corrected chi connectivity index (χ4v) is 2.44. The van der Waals surface area contributed by atoms with E-state index in [4.69, 9.17) is 0 Å². The minimum atomic E-state index is -0.0562. The molecule has 0 radical (unpaired) electrons. The molecule has 94 valence electrons. The van der Waals surface area contributed by atoms with E-state index < -0.39 is 0 Å². The van der Waals surface area contributed by atoms with Crippen LogP contribution < -0.4 is 0 Å². The van der Waals surface area contributed by atoms with Gasteiger partial charge in [-0.1, -0.05) is 49.0 Å². The number of amidine groups is 1. The molecule has 1 unspecified atom stereocenters. The second-order valence-electron chi connectivity index (χ2n) is 3.93. The van der Waals surface area contributed by atoms with Gasteiger partial charge in [0.15, 0.2) is 5.17 Å². The van der Waals surface area contributed by atoms with E-state index in [0.717, 1.165) is 12.0 Å². The Hall–Kier alpha value is -1.62. The van der Waals surface area contributed by atoms with E-state index in [9.17, 15) is 4.79 Å². The van der Waals surface area contributed by atoms with Gasteiger partial charge in [0, 0.05) is 7.05 Å². The standard InChI is InChI=1S/C13H15N3OS/c1-3-11-12(17)15-13(18-11)16(2)14-9-10-7-5-4-6-8-10/h4-9,11H,3H2,1-2H3/b14-9+. The smallest absolute Gasteiger partial charge is 0.261 e. The van der Waals surface area contributed by atoms with Gasteiger partial charge in [0.25, 0.3) is 5.91 Å². The van der Waals surface area contributed by atoms with Crippen molar-refractivity contribution in [1.29, 1.82) is 0 Å². The van der Waals surface area contributed by atoms with Gasteiger partial charge in [-0.05, 0) is 12.0 Å². The summed E-state index contributed by atoms with van der Waals surface area (Å²) in [6.45, 7) is 1.99. The number of hydrogen-bond donors (Lipinski definition) is 0. The lowest BCUT2D eigenvalue weighted by atomic mass is 10.2. The first-order valence-corrected chi connectivity index (χ1v) is 6.70. The number of benzene rings is 1. The molecule has 0 fully saturated rings. The van der Waals surface area contributed by atoms with Gasteiger partial charge in [0.1, 0.15) is 0 Å². The number of amides is 1. The van der Waals surface area contributed by atoms with Crippen LogP contribution in [0.25, 0.3) is 0 Å². The van der Waals surface area contributed by atoms with Crippen molar-refractivity contribution in [3.05, 3.63) is 35.9 Å². The molecule has 1 atom stereocenters. The summed E-state index contributed by atoms with van der Waals surface area (Å²) < 4.78 is 0. The topological polar surface area (TPSA) is 45.0 Å².